The van der Waals surface area contributed by atoms with E-state index in [1.165, 1.54) is 6.21 Å². The van der Waals surface area contributed by atoms with Crippen molar-refractivity contribution < 1.29 is 9.53 Å². The smallest absolute Gasteiger partial charge is 0.267 e. The van der Waals surface area contributed by atoms with Gasteiger partial charge in [0.05, 0.1) is 19.2 Å². The van der Waals surface area contributed by atoms with E-state index in [1.807, 2.05) is 31.2 Å². The van der Waals surface area contributed by atoms with Crippen LogP contribution in [0.15, 0.2) is 34.2 Å². The van der Waals surface area contributed by atoms with Gasteiger partial charge < -0.3 is 9.84 Å². The van der Waals surface area contributed by atoms with E-state index in [9.17, 15) is 9.59 Å². The van der Waals surface area contributed by atoms with E-state index < -0.39 is 0 Å². The van der Waals surface area contributed by atoms with Crippen molar-refractivity contribution in [3.05, 3.63) is 51.4 Å². The zero-order valence-corrected chi connectivity index (χ0v) is 12.5. The maximum absolute atomic E-state index is 11.8. The van der Waals surface area contributed by atoms with Crippen LogP contribution in [0.1, 0.15) is 23.7 Å². The number of para-hydroxylation sites is 1. The molecule has 0 spiro atoms. The Labute approximate surface area is 127 Å². The molecular formula is C15H18N4O3. The number of hydrogen-bond donors (Lipinski definition) is 3. The summed E-state index contributed by atoms with van der Waals surface area (Å²) in [7, 11) is 0. The lowest BCUT2D eigenvalue weighted by Gasteiger charge is -2.05. The lowest BCUT2D eigenvalue weighted by atomic mass is 10.2. The highest BCUT2D eigenvalue weighted by molar-refractivity contribution is 5.85. The molecular weight excluding hydrogens is 284 g/mol. The first-order valence-electron chi connectivity index (χ1n) is 6.91. The number of carbonyl (C=O) groups excluding carboxylic acids is 1. The molecule has 2 rings (SSSR count). The van der Waals surface area contributed by atoms with E-state index >= 15 is 0 Å². The molecule has 1 heterocycles. The van der Waals surface area contributed by atoms with Crippen molar-refractivity contribution >= 4 is 12.1 Å². The number of hydrazone groups is 1. The predicted molar refractivity (Wildman–Crippen MR) is 83.2 cm³/mol. The van der Waals surface area contributed by atoms with Crippen molar-refractivity contribution in [2.75, 3.05) is 6.61 Å². The third-order valence-electron chi connectivity index (χ3n) is 3.04. The number of aromatic amines is 2. The van der Waals surface area contributed by atoms with Gasteiger partial charge in [0, 0.05) is 16.8 Å². The number of nitrogens with zero attached hydrogens (tertiary/aromatic N) is 1. The fraction of sp³-hybridized carbons (Fsp3) is 0.267. The average Bonchev–Trinajstić information content (AvgIpc) is 2.81. The van der Waals surface area contributed by atoms with Crippen LogP contribution >= 0.6 is 0 Å². The maximum Gasteiger partial charge on any atom is 0.267 e. The molecule has 1 aromatic carbocycles. The molecule has 3 N–H and O–H groups in total. The number of carbonyl (C=O) groups is 1. The van der Waals surface area contributed by atoms with Crippen LogP contribution in [0.4, 0.5) is 0 Å². The third kappa shape index (κ3) is 3.85. The van der Waals surface area contributed by atoms with Crippen LogP contribution < -0.4 is 15.7 Å². The first-order chi connectivity index (χ1) is 10.6. The van der Waals surface area contributed by atoms with Gasteiger partial charge in [-0.25, -0.2) is 5.43 Å². The zero-order valence-electron chi connectivity index (χ0n) is 12.5. The average molecular weight is 302 g/mol. The van der Waals surface area contributed by atoms with E-state index in [0.717, 1.165) is 5.56 Å². The number of rotatable bonds is 6. The van der Waals surface area contributed by atoms with Gasteiger partial charge in [-0.2, -0.15) is 5.10 Å². The van der Waals surface area contributed by atoms with Gasteiger partial charge in [-0.15, -0.1) is 0 Å². The van der Waals surface area contributed by atoms with Crippen LogP contribution in [0.5, 0.6) is 5.75 Å². The quantitative estimate of drug-likeness (QED) is 0.550. The van der Waals surface area contributed by atoms with Crippen LogP contribution in [0, 0.1) is 6.92 Å². The van der Waals surface area contributed by atoms with Gasteiger partial charge in [0.15, 0.2) is 0 Å². The van der Waals surface area contributed by atoms with Crippen molar-refractivity contribution in [2.24, 2.45) is 5.10 Å². The number of benzene rings is 1. The van der Waals surface area contributed by atoms with Crippen molar-refractivity contribution in [3.63, 3.8) is 0 Å². The Morgan fingerprint density at radius 2 is 2.14 bits per heavy atom. The molecule has 0 unspecified atom stereocenters. The first-order valence-corrected chi connectivity index (χ1v) is 6.91. The van der Waals surface area contributed by atoms with Crippen LogP contribution in [-0.2, 0) is 11.2 Å². The Morgan fingerprint density at radius 3 is 2.82 bits per heavy atom. The van der Waals surface area contributed by atoms with E-state index in [2.05, 4.69) is 20.7 Å². The van der Waals surface area contributed by atoms with Crippen LogP contribution in [0.3, 0.4) is 0 Å². The topological polar surface area (TPSA) is 99.3 Å². The summed E-state index contributed by atoms with van der Waals surface area (Å²) in [6, 6.07) is 7.38. The molecule has 0 aliphatic carbocycles. The lowest BCUT2D eigenvalue weighted by molar-refractivity contribution is -0.120. The number of H-pyrrole nitrogens is 2. The van der Waals surface area contributed by atoms with E-state index in [4.69, 9.17) is 4.74 Å². The molecule has 0 aliphatic rings. The van der Waals surface area contributed by atoms with E-state index in [1.54, 1.807) is 6.92 Å². The van der Waals surface area contributed by atoms with Gasteiger partial charge in [-0.3, -0.25) is 14.7 Å². The number of ether oxygens (including phenoxy) is 1. The highest BCUT2D eigenvalue weighted by Gasteiger charge is 2.10. The van der Waals surface area contributed by atoms with E-state index in [0.29, 0.717) is 23.6 Å². The molecule has 1 aromatic heterocycles. The molecule has 7 heteroatoms. The number of aromatic nitrogens is 2. The van der Waals surface area contributed by atoms with Crippen molar-refractivity contribution in [2.45, 2.75) is 20.3 Å². The highest BCUT2D eigenvalue weighted by Crippen LogP contribution is 2.15. The summed E-state index contributed by atoms with van der Waals surface area (Å²) < 4.78 is 5.46. The molecule has 2 aromatic rings. The molecule has 0 saturated heterocycles. The van der Waals surface area contributed by atoms with Crippen molar-refractivity contribution in [1.82, 2.24) is 15.6 Å². The Morgan fingerprint density at radius 1 is 1.36 bits per heavy atom. The summed E-state index contributed by atoms with van der Waals surface area (Å²) in [6.07, 6.45) is 1.48. The minimum Gasteiger partial charge on any atom is -0.493 e. The standard InChI is InChI=1S/C15H18N4O3/c1-3-22-13-7-5-4-6-11(13)9-16-18-14(20)8-12-10(2)17-19-15(12)21/h4-7,9H,3,8H2,1-2H3,(H,18,20)(H2,17,19,21)/b16-9-. The Balaban J connectivity index is 1.98. The van der Waals surface area contributed by atoms with Crippen molar-refractivity contribution in [1.29, 1.82) is 0 Å². The van der Waals surface area contributed by atoms with E-state index in [-0.39, 0.29) is 17.9 Å². The monoisotopic (exact) mass is 302 g/mol. The molecule has 22 heavy (non-hydrogen) atoms. The van der Waals surface area contributed by atoms with Gasteiger partial charge in [0.1, 0.15) is 5.75 Å². The summed E-state index contributed by atoms with van der Waals surface area (Å²) in [5.41, 5.74) is 3.92. The Hall–Kier alpha value is -2.83. The second-order valence-corrected chi connectivity index (χ2v) is 4.62. The SMILES string of the molecule is CCOc1ccccc1/C=N\NC(=O)Cc1c(C)[nH][nH]c1=O. The van der Waals surface area contributed by atoms with Gasteiger partial charge in [0.2, 0.25) is 5.91 Å². The fourth-order valence-electron chi connectivity index (χ4n) is 1.93. The second-order valence-electron chi connectivity index (χ2n) is 4.62. The minimum atomic E-state index is -0.363. The zero-order chi connectivity index (χ0) is 15.9. The minimum absolute atomic E-state index is 0.0326. The molecule has 0 fully saturated rings. The summed E-state index contributed by atoms with van der Waals surface area (Å²) in [4.78, 5) is 23.3. The summed E-state index contributed by atoms with van der Waals surface area (Å²) in [5.74, 6) is 0.333. The summed E-state index contributed by atoms with van der Waals surface area (Å²) in [6.45, 7) is 4.17. The van der Waals surface area contributed by atoms with Crippen molar-refractivity contribution in [3.8, 4) is 5.75 Å². The number of aryl methyl sites for hydroxylation is 1. The molecule has 0 bridgehead atoms. The Kier molecular flexibility index (Phi) is 5.13. The van der Waals surface area contributed by atoms with Gasteiger partial charge in [-0.05, 0) is 26.0 Å². The van der Waals surface area contributed by atoms with Gasteiger partial charge in [0.25, 0.3) is 5.56 Å². The van der Waals surface area contributed by atoms with Crippen LogP contribution in [0.2, 0.25) is 0 Å². The van der Waals surface area contributed by atoms with Crippen LogP contribution in [0.25, 0.3) is 0 Å². The molecule has 116 valence electrons. The fourth-order valence-corrected chi connectivity index (χ4v) is 1.93. The normalized spacial score (nSPS) is 10.8. The number of nitrogens with one attached hydrogen (secondary N) is 3. The maximum atomic E-state index is 11.8. The van der Waals surface area contributed by atoms with Gasteiger partial charge in [-0.1, -0.05) is 12.1 Å². The third-order valence-corrected chi connectivity index (χ3v) is 3.04. The number of hydrogen-bond acceptors (Lipinski definition) is 4. The predicted octanol–water partition coefficient (Wildman–Crippen LogP) is 1.10. The molecule has 0 atom stereocenters. The first kappa shape index (κ1) is 15.6. The largest absolute Gasteiger partial charge is 0.493 e. The molecule has 0 saturated carbocycles. The summed E-state index contributed by atoms with van der Waals surface area (Å²) >= 11 is 0. The van der Waals surface area contributed by atoms with Gasteiger partial charge >= 0.3 is 0 Å². The molecule has 1 amide bonds. The molecule has 0 aliphatic heterocycles. The lowest BCUT2D eigenvalue weighted by Crippen LogP contribution is -2.23. The summed E-state index contributed by atoms with van der Waals surface area (Å²) in [5, 5.41) is 9.00. The molecule has 7 nitrogen and oxygen atoms in total. The highest BCUT2D eigenvalue weighted by atomic mass is 16.5. The second kappa shape index (κ2) is 7.26. The number of amides is 1. The molecule has 0 radical (unpaired) electrons. The van der Waals surface area contributed by atoms with Crippen LogP contribution in [-0.4, -0.2) is 28.9 Å². The Bertz CT molecular complexity index is 730.